The number of rotatable bonds is 6. The maximum atomic E-state index is 12.1. The number of esters is 1. The van der Waals surface area contributed by atoms with Crippen molar-refractivity contribution < 1.29 is 9.53 Å². The van der Waals surface area contributed by atoms with Crippen LogP contribution < -0.4 is 0 Å². The molecule has 3 aromatic rings. The molecule has 1 heterocycles. The molecule has 0 bridgehead atoms. The summed E-state index contributed by atoms with van der Waals surface area (Å²) < 4.78 is 8.29. The Hall–Kier alpha value is -2.15. The van der Waals surface area contributed by atoms with Crippen molar-refractivity contribution in [1.82, 2.24) is 9.55 Å². The van der Waals surface area contributed by atoms with E-state index in [-0.39, 0.29) is 12.4 Å². The lowest BCUT2D eigenvalue weighted by Crippen LogP contribution is -2.12. The molecule has 0 saturated heterocycles. The Labute approximate surface area is 161 Å². The van der Waals surface area contributed by atoms with Crippen LogP contribution in [0, 0.1) is 3.57 Å². The number of benzene rings is 2. The number of nitrogens with zero attached hydrogens (tertiary/aromatic N) is 2. The zero-order valence-corrected chi connectivity index (χ0v) is 16.1. The second-order valence-electron chi connectivity index (χ2n) is 5.63. The Bertz CT molecular complexity index is 842. The summed E-state index contributed by atoms with van der Waals surface area (Å²) in [7, 11) is 0. The molecule has 0 amide bonds. The molecule has 0 spiro atoms. The van der Waals surface area contributed by atoms with Crippen molar-refractivity contribution >= 4 is 28.6 Å². The number of ether oxygens (including phenoxy) is 1. The number of carbonyl (C=O) groups excluding carboxylic acids is 1. The zero-order valence-electron chi connectivity index (χ0n) is 14.0. The maximum absolute atomic E-state index is 12.1. The summed E-state index contributed by atoms with van der Waals surface area (Å²) in [6, 6.07) is 18.3. The molecule has 5 heteroatoms. The van der Waals surface area contributed by atoms with E-state index in [2.05, 4.69) is 39.7 Å². The minimum Gasteiger partial charge on any atom is -0.466 e. The molecule has 0 fully saturated rings. The summed E-state index contributed by atoms with van der Waals surface area (Å²) in [5.74, 6) is -0.232. The standard InChI is InChI=1S/C20H19IN2O2/c1-2-25-20(24)13-19-18(12-15-6-4-3-5-7-15)22-14-23(19)17-10-8-16(21)9-11-17/h3-11,14H,2,12-13H2,1H3. The largest absolute Gasteiger partial charge is 0.466 e. The summed E-state index contributed by atoms with van der Waals surface area (Å²) in [5, 5.41) is 0. The van der Waals surface area contributed by atoms with Gasteiger partial charge in [-0.05, 0) is 59.3 Å². The van der Waals surface area contributed by atoms with Crippen LogP contribution in [0.25, 0.3) is 5.69 Å². The summed E-state index contributed by atoms with van der Waals surface area (Å²) in [6.07, 6.45) is 2.68. The fourth-order valence-electron chi connectivity index (χ4n) is 2.71. The lowest BCUT2D eigenvalue weighted by atomic mass is 10.1. The third-order valence-corrected chi connectivity index (χ3v) is 4.61. The van der Waals surface area contributed by atoms with E-state index in [0.29, 0.717) is 13.0 Å². The monoisotopic (exact) mass is 446 g/mol. The first kappa shape index (κ1) is 17.7. The van der Waals surface area contributed by atoms with E-state index in [4.69, 9.17) is 4.74 Å². The lowest BCUT2D eigenvalue weighted by Gasteiger charge is -2.10. The van der Waals surface area contributed by atoms with Crippen molar-refractivity contribution in [3.05, 3.63) is 81.4 Å². The molecule has 0 aliphatic heterocycles. The van der Waals surface area contributed by atoms with Gasteiger partial charge >= 0.3 is 5.97 Å². The second kappa shape index (κ2) is 8.29. The van der Waals surface area contributed by atoms with Crippen LogP contribution in [0.5, 0.6) is 0 Å². The number of hydrogen-bond acceptors (Lipinski definition) is 3. The average molecular weight is 446 g/mol. The van der Waals surface area contributed by atoms with Crippen molar-refractivity contribution in [1.29, 1.82) is 0 Å². The fourth-order valence-corrected chi connectivity index (χ4v) is 3.07. The summed E-state index contributed by atoms with van der Waals surface area (Å²) in [5.41, 5.74) is 3.94. The first-order valence-electron chi connectivity index (χ1n) is 8.18. The van der Waals surface area contributed by atoms with Crippen LogP contribution in [0.1, 0.15) is 23.9 Å². The highest BCUT2D eigenvalue weighted by Crippen LogP contribution is 2.20. The van der Waals surface area contributed by atoms with Gasteiger partial charge in [-0.1, -0.05) is 30.3 Å². The maximum Gasteiger partial charge on any atom is 0.311 e. The van der Waals surface area contributed by atoms with Crippen molar-refractivity contribution in [3.8, 4) is 5.69 Å². The van der Waals surface area contributed by atoms with E-state index in [1.807, 2.05) is 54.0 Å². The molecular formula is C20H19IN2O2. The van der Waals surface area contributed by atoms with Crippen LogP contribution in [0.15, 0.2) is 60.9 Å². The fraction of sp³-hybridized carbons (Fsp3) is 0.200. The number of hydrogen-bond donors (Lipinski definition) is 0. The van der Waals surface area contributed by atoms with Crippen molar-refractivity contribution in [3.63, 3.8) is 0 Å². The van der Waals surface area contributed by atoms with Crippen LogP contribution in [-0.2, 0) is 22.4 Å². The van der Waals surface area contributed by atoms with Gasteiger partial charge in [0.25, 0.3) is 0 Å². The van der Waals surface area contributed by atoms with Crippen molar-refractivity contribution in [2.75, 3.05) is 6.61 Å². The van der Waals surface area contributed by atoms with Gasteiger partial charge in [0.15, 0.2) is 0 Å². The van der Waals surface area contributed by atoms with E-state index in [1.165, 1.54) is 5.56 Å². The normalized spacial score (nSPS) is 10.6. The molecular weight excluding hydrogens is 427 g/mol. The van der Waals surface area contributed by atoms with Crippen molar-refractivity contribution in [2.24, 2.45) is 0 Å². The second-order valence-corrected chi connectivity index (χ2v) is 6.87. The molecule has 0 N–H and O–H groups in total. The number of imidazole rings is 1. The van der Waals surface area contributed by atoms with Gasteiger partial charge in [-0.25, -0.2) is 4.98 Å². The predicted molar refractivity (Wildman–Crippen MR) is 106 cm³/mol. The van der Waals surface area contributed by atoms with E-state index in [9.17, 15) is 4.79 Å². The Balaban J connectivity index is 1.97. The Morgan fingerprint density at radius 1 is 1.12 bits per heavy atom. The predicted octanol–water partition coefficient (Wildman–Crippen LogP) is 4.17. The molecule has 128 valence electrons. The third kappa shape index (κ3) is 4.48. The highest BCUT2D eigenvalue weighted by Gasteiger charge is 2.17. The molecule has 0 atom stereocenters. The third-order valence-electron chi connectivity index (χ3n) is 3.89. The van der Waals surface area contributed by atoms with E-state index in [1.54, 1.807) is 6.33 Å². The molecule has 0 unspecified atom stereocenters. The highest BCUT2D eigenvalue weighted by atomic mass is 127. The summed E-state index contributed by atoms with van der Waals surface area (Å²) in [6.45, 7) is 2.20. The van der Waals surface area contributed by atoms with Gasteiger partial charge < -0.3 is 9.30 Å². The number of aromatic nitrogens is 2. The summed E-state index contributed by atoms with van der Waals surface area (Å²) in [4.78, 5) is 16.7. The van der Waals surface area contributed by atoms with Crippen LogP contribution in [0.3, 0.4) is 0 Å². The molecule has 0 radical (unpaired) electrons. The molecule has 0 aliphatic carbocycles. The molecule has 4 nitrogen and oxygen atoms in total. The van der Waals surface area contributed by atoms with Gasteiger partial charge in [-0.15, -0.1) is 0 Å². The molecule has 1 aromatic heterocycles. The lowest BCUT2D eigenvalue weighted by molar-refractivity contribution is -0.142. The molecule has 0 aliphatic rings. The van der Waals surface area contributed by atoms with Gasteiger partial charge in [-0.3, -0.25) is 4.79 Å². The van der Waals surface area contributed by atoms with E-state index in [0.717, 1.165) is 20.6 Å². The first-order valence-corrected chi connectivity index (χ1v) is 9.26. The van der Waals surface area contributed by atoms with Gasteiger partial charge in [0.1, 0.15) is 0 Å². The molecule has 0 saturated carbocycles. The van der Waals surface area contributed by atoms with Gasteiger partial charge in [0, 0.05) is 15.7 Å². The molecule has 3 rings (SSSR count). The smallest absolute Gasteiger partial charge is 0.311 e. The average Bonchev–Trinajstić information content (AvgIpc) is 2.99. The molecule has 2 aromatic carbocycles. The molecule has 25 heavy (non-hydrogen) atoms. The van der Waals surface area contributed by atoms with Crippen LogP contribution in [-0.4, -0.2) is 22.1 Å². The minimum absolute atomic E-state index is 0.210. The minimum atomic E-state index is -0.232. The Kier molecular flexibility index (Phi) is 5.86. The topological polar surface area (TPSA) is 44.1 Å². The first-order chi connectivity index (χ1) is 12.2. The van der Waals surface area contributed by atoms with E-state index >= 15 is 0 Å². The quantitative estimate of drug-likeness (QED) is 0.422. The van der Waals surface area contributed by atoms with Gasteiger partial charge in [-0.2, -0.15) is 0 Å². The number of halogens is 1. The number of carbonyl (C=O) groups is 1. The van der Waals surface area contributed by atoms with Crippen LogP contribution >= 0.6 is 22.6 Å². The van der Waals surface area contributed by atoms with Crippen LogP contribution in [0.4, 0.5) is 0 Å². The van der Waals surface area contributed by atoms with Crippen LogP contribution in [0.2, 0.25) is 0 Å². The van der Waals surface area contributed by atoms with Gasteiger partial charge in [0.2, 0.25) is 0 Å². The Morgan fingerprint density at radius 3 is 2.52 bits per heavy atom. The van der Waals surface area contributed by atoms with Crippen molar-refractivity contribution in [2.45, 2.75) is 19.8 Å². The van der Waals surface area contributed by atoms with E-state index < -0.39 is 0 Å². The zero-order chi connectivity index (χ0) is 17.6. The highest BCUT2D eigenvalue weighted by molar-refractivity contribution is 14.1. The van der Waals surface area contributed by atoms with Gasteiger partial charge in [0.05, 0.1) is 30.7 Å². The SMILES string of the molecule is CCOC(=O)Cc1c(Cc2ccccc2)ncn1-c1ccc(I)cc1. The summed E-state index contributed by atoms with van der Waals surface area (Å²) >= 11 is 2.28. The Morgan fingerprint density at radius 2 is 1.84 bits per heavy atom.